The highest BCUT2D eigenvalue weighted by Gasteiger charge is 2.31. The van der Waals surface area contributed by atoms with E-state index in [1.165, 1.54) is 11.8 Å². The topological polar surface area (TPSA) is 72.8 Å². The van der Waals surface area contributed by atoms with Crippen molar-refractivity contribution in [2.45, 2.75) is 29.8 Å². The lowest BCUT2D eigenvalue weighted by Gasteiger charge is -2.24. The SMILES string of the molecule is CC1=C(C#N)C(c2ccc(Sc3ccccc3)o2)C(C#N)=C(C)N1. The first-order valence-corrected chi connectivity index (χ1v) is 8.27. The number of benzene rings is 1. The van der Waals surface area contributed by atoms with E-state index < -0.39 is 5.92 Å². The fourth-order valence-electron chi connectivity index (χ4n) is 2.72. The molecule has 0 bridgehead atoms. The quantitative estimate of drug-likeness (QED) is 0.880. The van der Waals surface area contributed by atoms with Crippen LogP contribution in [0.4, 0.5) is 0 Å². The predicted molar refractivity (Wildman–Crippen MR) is 91.8 cm³/mol. The lowest BCUT2D eigenvalue weighted by Crippen LogP contribution is -2.23. The molecule has 0 saturated carbocycles. The van der Waals surface area contributed by atoms with Crippen molar-refractivity contribution in [1.29, 1.82) is 10.5 Å². The van der Waals surface area contributed by atoms with Crippen LogP contribution in [0.15, 0.2) is 79.4 Å². The first-order valence-electron chi connectivity index (χ1n) is 7.45. The van der Waals surface area contributed by atoms with E-state index in [2.05, 4.69) is 17.5 Å². The van der Waals surface area contributed by atoms with Gasteiger partial charge in [-0.3, -0.25) is 0 Å². The lowest BCUT2D eigenvalue weighted by atomic mass is 9.85. The normalized spacial score (nSPS) is 15.0. The molecule has 3 rings (SSSR count). The van der Waals surface area contributed by atoms with Crippen molar-refractivity contribution < 1.29 is 4.42 Å². The highest BCUT2D eigenvalue weighted by Crippen LogP contribution is 2.40. The molecule has 1 aromatic carbocycles. The highest BCUT2D eigenvalue weighted by atomic mass is 32.2. The predicted octanol–water partition coefficient (Wildman–Crippen LogP) is 4.71. The fourth-order valence-corrected chi connectivity index (χ4v) is 3.52. The Hall–Kier alpha value is -2.89. The molecule has 0 aliphatic carbocycles. The van der Waals surface area contributed by atoms with Crippen LogP contribution >= 0.6 is 11.8 Å². The van der Waals surface area contributed by atoms with Gasteiger partial charge in [-0.05, 0) is 38.1 Å². The average molecular weight is 333 g/mol. The van der Waals surface area contributed by atoms with Gasteiger partial charge in [0, 0.05) is 16.3 Å². The molecule has 1 aromatic heterocycles. The molecule has 0 unspecified atom stereocenters. The molecule has 0 atom stereocenters. The first kappa shape index (κ1) is 16.0. The lowest BCUT2D eigenvalue weighted by molar-refractivity contribution is 0.424. The van der Waals surface area contributed by atoms with Gasteiger partial charge in [0.15, 0.2) is 5.09 Å². The van der Waals surface area contributed by atoms with E-state index in [-0.39, 0.29) is 0 Å². The van der Waals surface area contributed by atoms with Gasteiger partial charge in [-0.2, -0.15) is 10.5 Å². The number of nitriles is 2. The summed E-state index contributed by atoms with van der Waals surface area (Å²) in [5.74, 6) is 0.160. The third-order valence-corrected chi connectivity index (χ3v) is 4.78. The van der Waals surface area contributed by atoms with E-state index in [4.69, 9.17) is 4.42 Å². The van der Waals surface area contributed by atoms with E-state index in [0.717, 1.165) is 21.4 Å². The van der Waals surface area contributed by atoms with Crippen LogP contribution in [-0.4, -0.2) is 0 Å². The molecule has 1 aliphatic rings. The monoisotopic (exact) mass is 333 g/mol. The first-order chi connectivity index (χ1) is 11.6. The van der Waals surface area contributed by atoms with Crippen LogP contribution in [0.3, 0.4) is 0 Å². The van der Waals surface area contributed by atoms with E-state index in [9.17, 15) is 10.5 Å². The zero-order valence-electron chi connectivity index (χ0n) is 13.3. The van der Waals surface area contributed by atoms with Crippen molar-refractivity contribution in [3.63, 3.8) is 0 Å². The molecule has 0 amide bonds. The second-order valence-electron chi connectivity index (χ2n) is 5.43. The summed E-state index contributed by atoms with van der Waals surface area (Å²) in [4.78, 5) is 1.07. The third-order valence-electron chi connectivity index (χ3n) is 3.85. The summed E-state index contributed by atoms with van der Waals surface area (Å²) in [5, 5.41) is 22.8. The molecule has 1 N–H and O–H groups in total. The summed E-state index contributed by atoms with van der Waals surface area (Å²) < 4.78 is 5.95. The maximum atomic E-state index is 9.51. The second kappa shape index (κ2) is 6.70. The summed E-state index contributed by atoms with van der Waals surface area (Å²) in [5.41, 5.74) is 2.55. The minimum atomic E-state index is -0.452. The Morgan fingerprint density at radius 1 is 0.958 bits per heavy atom. The third kappa shape index (κ3) is 2.95. The van der Waals surface area contributed by atoms with Crippen LogP contribution in [0.2, 0.25) is 0 Å². The molecule has 2 heterocycles. The van der Waals surface area contributed by atoms with Crippen LogP contribution in [0, 0.1) is 22.7 Å². The summed E-state index contributed by atoms with van der Waals surface area (Å²) in [6, 6.07) is 18.1. The Kier molecular flexibility index (Phi) is 4.46. The van der Waals surface area contributed by atoms with Crippen molar-refractivity contribution in [3.8, 4) is 12.1 Å². The van der Waals surface area contributed by atoms with Crippen LogP contribution in [0.1, 0.15) is 25.5 Å². The van der Waals surface area contributed by atoms with Crippen LogP contribution < -0.4 is 5.32 Å². The molecule has 1 aliphatic heterocycles. The van der Waals surface area contributed by atoms with Crippen LogP contribution in [0.25, 0.3) is 0 Å². The number of furan rings is 1. The average Bonchev–Trinajstić information content (AvgIpc) is 3.03. The molecule has 5 heteroatoms. The van der Waals surface area contributed by atoms with E-state index in [1.54, 1.807) is 0 Å². The van der Waals surface area contributed by atoms with Crippen molar-refractivity contribution >= 4 is 11.8 Å². The second-order valence-corrected chi connectivity index (χ2v) is 6.51. The number of hydrogen-bond donors (Lipinski definition) is 1. The number of dihydropyridines is 1. The number of nitrogens with one attached hydrogen (secondary N) is 1. The van der Waals surface area contributed by atoms with Gasteiger partial charge in [0.25, 0.3) is 0 Å². The summed E-state index contributed by atoms with van der Waals surface area (Å²) in [6.07, 6.45) is 0. The minimum Gasteiger partial charge on any atom is -0.453 e. The molecule has 118 valence electrons. The van der Waals surface area contributed by atoms with Crippen molar-refractivity contribution in [2.75, 3.05) is 0 Å². The van der Waals surface area contributed by atoms with Crippen molar-refractivity contribution in [1.82, 2.24) is 5.32 Å². The zero-order valence-corrected chi connectivity index (χ0v) is 14.1. The molecule has 0 fully saturated rings. The standard InChI is InChI=1S/C19H15N3OS/c1-12-15(10-20)19(16(11-21)13(2)22-12)17-8-9-18(23-17)24-14-6-4-3-5-7-14/h3-9,19,22H,1-2H3. The zero-order chi connectivity index (χ0) is 17.1. The Labute approximate surface area is 145 Å². The fraction of sp³-hybridized carbons (Fsp3) is 0.158. The Morgan fingerprint density at radius 3 is 2.17 bits per heavy atom. The van der Waals surface area contributed by atoms with E-state index >= 15 is 0 Å². The van der Waals surface area contributed by atoms with Gasteiger partial charge in [0.05, 0.1) is 29.2 Å². The molecule has 4 nitrogen and oxygen atoms in total. The van der Waals surface area contributed by atoms with Gasteiger partial charge in [-0.1, -0.05) is 30.0 Å². The number of hydrogen-bond acceptors (Lipinski definition) is 5. The number of rotatable bonds is 3. The van der Waals surface area contributed by atoms with Gasteiger partial charge in [0.1, 0.15) is 5.76 Å². The maximum Gasteiger partial charge on any atom is 0.165 e. The minimum absolute atomic E-state index is 0.452. The smallest absolute Gasteiger partial charge is 0.165 e. The Morgan fingerprint density at radius 2 is 1.58 bits per heavy atom. The van der Waals surface area contributed by atoms with Crippen LogP contribution in [0.5, 0.6) is 0 Å². The molecule has 0 spiro atoms. The Bertz CT molecular complexity index is 874. The number of allylic oxidation sites excluding steroid dienone is 4. The molecule has 2 aromatic rings. The van der Waals surface area contributed by atoms with E-state index in [1.807, 2.05) is 56.3 Å². The van der Waals surface area contributed by atoms with Gasteiger partial charge >= 0.3 is 0 Å². The molecular weight excluding hydrogens is 318 g/mol. The Balaban J connectivity index is 1.97. The molecule has 0 saturated heterocycles. The number of nitrogens with zero attached hydrogens (tertiary/aromatic N) is 2. The van der Waals surface area contributed by atoms with E-state index in [0.29, 0.717) is 16.9 Å². The maximum absolute atomic E-state index is 9.51. The van der Waals surface area contributed by atoms with Crippen molar-refractivity contribution in [3.05, 3.63) is 70.8 Å². The van der Waals surface area contributed by atoms with Gasteiger partial charge < -0.3 is 9.73 Å². The van der Waals surface area contributed by atoms with Crippen molar-refractivity contribution in [2.24, 2.45) is 0 Å². The largest absolute Gasteiger partial charge is 0.453 e. The summed E-state index contributed by atoms with van der Waals surface area (Å²) in [7, 11) is 0. The summed E-state index contributed by atoms with van der Waals surface area (Å²) in [6.45, 7) is 3.68. The molecule has 0 radical (unpaired) electrons. The van der Waals surface area contributed by atoms with Gasteiger partial charge in [0.2, 0.25) is 0 Å². The molecule has 24 heavy (non-hydrogen) atoms. The van der Waals surface area contributed by atoms with Gasteiger partial charge in [-0.25, -0.2) is 0 Å². The highest BCUT2D eigenvalue weighted by molar-refractivity contribution is 7.99. The molecular formula is C19H15N3OS. The van der Waals surface area contributed by atoms with Gasteiger partial charge in [-0.15, -0.1) is 0 Å². The van der Waals surface area contributed by atoms with Crippen LogP contribution in [-0.2, 0) is 0 Å². The summed E-state index contributed by atoms with van der Waals surface area (Å²) >= 11 is 1.51.